The zero-order chi connectivity index (χ0) is 27.9. The van der Waals surface area contributed by atoms with E-state index in [-0.39, 0.29) is 5.41 Å². The van der Waals surface area contributed by atoms with E-state index in [1.807, 2.05) is 6.26 Å². The van der Waals surface area contributed by atoms with Gasteiger partial charge in [0.1, 0.15) is 6.26 Å². The second-order valence-corrected chi connectivity index (χ2v) is 13.7. The Bertz CT molecular complexity index is 1820. The molecule has 1 heterocycles. The van der Waals surface area contributed by atoms with Crippen LogP contribution in [-0.2, 0) is 24.7 Å². The number of hydrogen-bond acceptors (Lipinski definition) is 2. The molecular formula is C39H32NOP. The molecule has 0 bridgehead atoms. The first-order valence-electron chi connectivity index (χ1n) is 14.9. The molecule has 1 atom stereocenters. The monoisotopic (exact) mass is 561 g/mol. The largest absolute Gasteiger partial charge is 0.444 e. The van der Waals surface area contributed by atoms with Crippen molar-refractivity contribution in [1.29, 1.82) is 0 Å². The number of oxazole rings is 1. The highest BCUT2D eigenvalue weighted by Crippen LogP contribution is 2.56. The summed E-state index contributed by atoms with van der Waals surface area (Å²) in [6, 6.07) is 46.6. The minimum absolute atomic E-state index is 0.0317. The summed E-state index contributed by atoms with van der Waals surface area (Å²) in [7, 11) is -0.707. The van der Waals surface area contributed by atoms with Gasteiger partial charge in [0.25, 0.3) is 0 Å². The maximum atomic E-state index is 6.25. The van der Waals surface area contributed by atoms with Gasteiger partial charge in [-0.1, -0.05) is 121 Å². The van der Waals surface area contributed by atoms with Crippen LogP contribution in [0.15, 0.2) is 138 Å². The predicted octanol–water partition coefficient (Wildman–Crippen LogP) is 7.87. The summed E-state index contributed by atoms with van der Waals surface area (Å²) in [5.74, 6) is 0.748. The van der Waals surface area contributed by atoms with Gasteiger partial charge in [0.2, 0.25) is 5.89 Å². The molecule has 5 aromatic carbocycles. The molecule has 0 N–H and O–H groups in total. The lowest BCUT2D eigenvalue weighted by Gasteiger charge is -2.33. The topological polar surface area (TPSA) is 26.0 Å². The van der Waals surface area contributed by atoms with Crippen molar-refractivity contribution in [2.24, 2.45) is 0 Å². The van der Waals surface area contributed by atoms with E-state index in [1.165, 1.54) is 38.2 Å². The van der Waals surface area contributed by atoms with Crippen LogP contribution in [0.2, 0.25) is 0 Å². The fourth-order valence-electron chi connectivity index (χ4n) is 7.43. The Morgan fingerprint density at radius 2 is 1.21 bits per heavy atom. The third kappa shape index (κ3) is 4.25. The summed E-state index contributed by atoms with van der Waals surface area (Å²) < 4.78 is 6.25. The predicted molar refractivity (Wildman–Crippen MR) is 174 cm³/mol. The quantitative estimate of drug-likeness (QED) is 0.194. The van der Waals surface area contributed by atoms with Crippen molar-refractivity contribution in [3.8, 4) is 11.5 Å². The molecule has 0 radical (unpaired) electrons. The van der Waals surface area contributed by atoms with Crippen molar-refractivity contribution in [3.05, 3.63) is 167 Å². The number of hydrogen-bond donors (Lipinski definition) is 0. The smallest absolute Gasteiger partial charge is 0.226 e. The van der Waals surface area contributed by atoms with Gasteiger partial charge < -0.3 is 4.42 Å². The first kappa shape index (κ1) is 25.5. The molecule has 1 aromatic heterocycles. The van der Waals surface area contributed by atoms with Crippen molar-refractivity contribution in [1.82, 2.24) is 4.98 Å². The van der Waals surface area contributed by atoms with Gasteiger partial charge in [-0.3, -0.25) is 0 Å². The minimum Gasteiger partial charge on any atom is -0.444 e. The molecule has 0 saturated heterocycles. The van der Waals surface area contributed by atoms with Gasteiger partial charge in [0.05, 0.1) is 5.69 Å². The highest BCUT2D eigenvalue weighted by Gasteiger charge is 2.48. The summed E-state index contributed by atoms with van der Waals surface area (Å²) in [4.78, 5) is 5.05. The summed E-state index contributed by atoms with van der Waals surface area (Å²) in [5.41, 5.74) is 9.31. The van der Waals surface area contributed by atoms with Gasteiger partial charge >= 0.3 is 0 Å². The number of nitrogens with zero attached hydrogens (tertiary/aromatic N) is 1. The maximum absolute atomic E-state index is 6.25. The molecule has 2 nitrogen and oxygen atoms in total. The molecule has 42 heavy (non-hydrogen) atoms. The average molecular weight is 562 g/mol. The zero-order valence-corrected chi connectivity index (χ0v) is 24.4. The number of benzene rings is 5. The highest BCUT2D eigenvalue weighted by atomic mass is 31.1. The summed E-state index contributed by atoms with van der Waals surface area (Å²) >= 11 is 0. The molecule has 6 aromatic rings. The number of aryl methyl sites for hydroxylation is 2. The molecule has 1 spiro atoms. The normalized spacial score (nSPS) is 17.1. The molecule has 204 valence electrons. The molecule has 0 fully saturated rings. The lowest BCUT2D eigenvalue weighted by molar-refractivity contribution is 0.507. The van der Waals surface area contributed by atoms with E-state index in [0.717, 1.165) is 49.3 Å². The lowest BCUT2D eigenvalue weighted by atomic mass is 9.75. The molecule has 2 aliphatic carbocycles. The fraction of sp³-hybridized carbons (Fsp3) is 0.154. The summed E-state index contributed by atoms with van der Waals surface area (Å²) in [5, 5.41) is 4.30. The third-order valence-corrected chi connectivity index (χ3v) is 11.6. The van der Waals surface area contributed by atoms with Gasteiger partial charge in [-0.05, 0) is 83.4 Å². The highest BCUT2D eigenvalue weighted by molar-refractivity contribution is 7.79. The lowest BCUT2D eigenvalue weighted by Crippen LogP contribution is -2.32. The van der Waals surface area contributed by atoms with Crippen LogP contribution in [0.25, 0.3) is 11.5 Å². The van der Waals surface area contributed by atoms with Crippen LogP contribution >= 0.6 is 7.92 Å². The Labute approximate surface area is 248 Å². The SMILES string of the molecule is c1ccc(Cc2coc(-c3cccc4c3[C@@]3(CC4)CCc4cccc(P(c5ccccc5)c5ccccc5)c43)n2)cc1. The van der Waals surface area contributed by atoms with Crippen molar-refractivity contribution in [3.63, 3.8) is 0 Å². The van der Waals surface area contributed by atoms with Crippen LogP contribution in [0.3, 0.4) is 0 Å². The van der Waals surface area contributed by atoms with Crippen LogP contribution in [-0.4, -0.2) is 4.98 Å². The first-order valence-corrected chi connectivity index (χ1v) is 16.3. The number of rotatable bonds is 6. The molecule has 3 heteroatoms. The molecule has 0 saturated carbocycles. The molecule has 0 amide bonds. The Balaban J connectivity index is 1.28. The van der Waals surface area contributed by atoms with Crippen LogP contribution in [0.4, 0.5) is 0 Å². The van der Waals surface area contributed by atoms with Crippen molar-refractivity contribution < 1.29 is 4.42 Å². The maximum Gasteiger partial charge on any atom is 0.226 e. The Kier molecular flexibility index (Phi) is 6.38. The van der Waals surface area contributed by atoms with Crippen LogP contribution in [0.5, 0.6) is 0 Å². The fourth-order valence-corrected chi connectivity index (χ4v) is 10.0. The minimum atomic E-state index is -0.707. The summed E-state index contributed by atoms with van der Waals surface area (Å²) in [6.45, 7) is 0. The van der Waals surface area contributed by atoms with Gasteiger partial charge in [0.15, 0.2) is 0 Å². The Morgan fingerprint density at radius 1 is 0.619 bits per heavy atom. The van der Waals surface area contributed by atoms with Gasteiger partial charge in [-0.25, -0.2) is 4.98 Å². The van der Waals surface area contributed by atoms with Crippen LogP contribution < -0.4 is 15.9 Å². The first-order chi connectivity index (χ1) is 20.8. The van der Waals surface area contributed by atoms with E-state index < -0.39 is 7.92 Å². The molecule has 8 rings (SSSR count). The van der Waals surface area contributed by atoms with Crippen LogP contribution in [0.1, 0.15) is 46.4 Å². The van der Waals surface area contributed by atoms with Crippen molar-refractivity contribution in [2.45, 2.75) is 37.5 Å². The van der Waals surface area contributed by atoms with E-state index in [2.05, 4.69) is 127 Å². The van der Waals surface area contributed by atoms with Crippen LogP contribution in [0, 0.1) is 0 Å². The van der Waals surface area contributed by atoms with Crippen molar-refractivity contribution in [2.75, 3.05) is 0 Å². The average Bonchev–Trinajstić information content (AvgIpc) is 3.78. The standard InChI is InChI=1S/C39H32NOP/c1-4-12-28(13-5-1)26-31-27-41-38(40-31)34-20-10-14-29-22-24-39(36(29)34)25-23-30-15-11-21-35(37(30)39)42(32-16-6-2-7-17-32)33-18-8-3-9-19-33/h1-21,27H,22-26H2/t39-/m1/s1. The van der Waals surface area contributed by atoms with Gasteiger partial charge in [-0.2, -0.15) is 0 Å². The third-order valence-electron chi connectivity index (χ3n) is 9.16. The Morgan fingerprint density at radius 3 is 1.88 bits per heavy atom. The molecule has 2 aliphatic rings. The summed E-state index contributed by atoms with van der Waals surface area (Å²) in [6.07, 6.45) is 7.08. The molecule has 0 unspecified atom stereocenters. The van der Waals surface area contributed by atoms with E-state index in [1.54, 1.807) is 5.56 Å². The van der Waals surface area contributed by atoms with E-state index in [0.29, 0.717) is 0 Å². The van der Waals surface area contributed by atoms with E-state index >= 15 is 0 Å². The number of fused-ring (bicyclic) bond motifs is 4. The van der Waals surface area contributed by atoms with E-state index in [9.17, 15) is 0 Å². The molecular weight excluding hydrogens is 529 g/mol. The van der Waals surface area contributed by atoms with E-state index in [4.69, 9.17) is 9.40 Å². The Hall–Kier alpha value is -4.26. The van der Waals surface area contributed by atoms with Crippen molar-refractivity contribution >= 4 is 23.8 Å². The zero-order valence-electron chi connectivity index (χ0n) is 23.5. The number of aromatic nitrogens is 1. The van der Waals surface area contributed by atoms with Gasteiger partial charge in [0, 0.05) is 17.4 Å². The second-order valence-electron chi connectivity index (χ2n) is 11.5. The second kappa shape index (κ2) is 10.5. The van der Waals surface area contributed by atoms with Gasteiger partial charge in [-0.15, -0.1) is 0 Å². The molecule has 0 aliphatic heterocycles.